The van der Waals surface area contributed by atoms with Gasteiger partial charge in [-0.25, -0.2) is 14.4 Å². The molecular weight excluding hydrogens is 395 g/mol. The molecule has 2 aromatic heterocycles. The number of rotatable bonds is 6. The molecule has 0 saturated carbocycles. The Morgan fingerprint density at radius 1 is 1.23 bits per heavy atom. The number of benzene rings is 1. The number of pyridine rings is 1. The van der Waals surface area contributed by atoms with Crippen molar-refractivity contribution in [1.29, 1.82) is 0 Å². The van der Waals surface area contributed by atoms with Crippen molar-refractivity contribution in [2.75, 3.05) is 19.7 Å². The first-order valence-electron chi connectivity index (χ1n) is 10.7. The Balaban J connectivity index is 1.43. The third-order valence-corrected chi connectivity index (χ3v) is 5.56. The van der Waals surface area contributed by atoms with E-state index >= 15 is 0 Å². The lowest BCUT2D eigenvalue weighted by Gasteiger charge is -2.32. The largest absolute Gasteiger partial charge is 0.484 e. The number of halogens is 1. The van der Waals surface area contributed by atoms with Gasteiger partial charge in [-0.1, -0.05) is 19.9 Å². The molecule has 0 spiro atoms. The predicted octanol–water partition coefficient (Wildman–Crippen LogP) is 4.31. The molecule has 7 heteroatoms. The Bertz CT molecular complexity index is 1030. The maximum atomic E-state index is 13.0. The standard InChI is InChI=1S/C24H27FN4O2/c1-17(2)24-26-12-14-29(24)22-7-3-6-21(27-22)18-5-4-13-28(15-18)23(30)16-31-20-10-8-19(25)9-11-20/h3,6-12,14,17-18H,4-5,13,15-16H2,1-2H3. The van der Waals surface area contributed by atoms with Gasteiger partial charge in [0, 0.05) is 43.0 Å². The predicted molar refractivity (Wildman–Crippen MR) is 116 cm³/mol. The summed E-state index contributed by atoms with van der Waals surface area (Å²) in [6.07, 6.45) is 5.64. The van der Waals surface area contributed by atoms with Crippen LogP contribution < -0.4 is 4.74 Å². The van der Waals surface area contributed by atoms with E-state index in [-0.39, 0.29) is 24.2 Å². The first kappa shape index (κ1) is 21.0. The second-order valence-electron chi connectivity index (χ2n) is 8.15. The molecule has 3 heterocycles. The van der Waals surface area contributed by atoms with Crippen LogP contribution in [0.5, 0.6) is 5.75 Å². The fourth-order valence-electron chi connectivity index (χ4n) is 3.95. The van der Waals surface area contributed by atoms with Crippen molar-refractivity contribution in [2.24, 2.45) is 0 Å². The Kier molecular flexibility index (Phi) is 6.30. The number of carbonyl (C=O) groups is 1. The van der Waals surface area contributed by atoms with Crippen molar-refractivity contribution in [2.45, 2.75) is 38.5 Å². The Hall–Kier alpha value is -3.22. The quantitative estimate of drug-likeness (QED) is 0.594. The molecular formula is C24H27FN4O2. The zero-order chi connectivity index (χ0) is 21.8. The number of carbonyl (C=O) groups excluding carboxylic acids is 1. The number of amides is 1. The SMILES string of the molecule is CC(C)c1nccn1-c1cccc(C2CCCN(C(=O)COc3ccc(F)cc3)C2)n1. The minimum Gasteiger partial charge on any atom is -0.484 e. The topological polar surface area (TPSA) is 60.2 Å². The zero-order valence-electron chi connectivity index (χ0n) is 17.9. The number of likely N-dealkylation sites (tertiary alicyclic amines) is 1. The summed E-state index contributed by atoms with van der Waals surface area (Å²) in [7, 11) is 0. The molecule has 1 atom stereocenters. The Morgan fingerprint density at radius 2 is 2.03 bits per heavy atom. The zero-order valence-corrected chi connectivity index (χ0v) is 17.9. The highest BCUT2D eigenvalue weighted by molar-refractivity contribution is 5.78. The molecule has 1 aliphatic heterocycles. The van der Waals surface area contributed by atoms with Crippen LogP contribution in [0, 0.1) is 5.82 Å². The molecule has 3 aromatic rings. The molecule has 0 aliphatic carbocycles. The van der Waals surface area contributed by atoms with Gasteiger partial charge in [-0.2, -0.15) is 0 Å². The minimum absolute atomic E-state index is 0.0569. The van der Waals surface area contributed by atoms with Gasteiger partial charge in [0.25, 0.3) is 5.91 Å². The fourth-order valence-corrected chi connectivity index (χ4v) is 3.95. The van der Waals surface area contributed by atoms with Crippen LogP contribution >= 0.6 is 0 Å². The van der Waals surface area contributed by atoms with Gasteiger partial charge in [0.15, 0.2) is 6.61 Å². The van der Waals surface area contributed by atoms with Crippen molar-refractivity contribution >= 4 is 5.91 Å². The van der Waals surface area contributed by atoms with Gasteiger partial charge in [0.1, 0.15) is 23.2 Å². The molecule has 1 saturated heterocycles. The molecule has 4 rings (SSSR count). The smallest absolute Gasteiger partial charge is 0.260 e. The summed E-state index contributed by atoms with van der Waals surface area (Å²) in [6, 6.07) is 11.7. The highest BCUT2D eigenvalue weighted by Crippen LogP contribution is 2.27. The number of aromatic nitrogens is 3. The van der Waals surface area contributed by atoms with Crippen LogP contribution in [-0.2, 0) is 4.79 Å². The normalized spacial score (nSPS) is 16.5. The Morgan fingerprint density at radius 3 is 2.81 bits per heavy atom. The maximum absolute atomic E-state index is 13.0. The summed E-state index contributed by atoms with van der Waals surface area (Å²) in [5.74, 6) is 2.38. The van der Waals surface area contributed by atoms with E-state index in [1.165, 1.54) is 24.3 Å². The lowest BCUT2D eigenvalue weighted by Crippen LogP contribution is -2.41. The minimum atomic E-state index is -0.330. The van der Waals surface area contributed by atoms with Gasteiger partial charge in [0.05, 0.1) is 0 Å². The molecule has 1 amide bonds. The van der Waals surface area contributed by atoms with E-state index in [0.29, 0.717) is 24.8 Å². The molecule has 0 N–H and O–H groups in total. The van der Waals surface area contributed by atoms with Gasteiger partial charge in [-0.15, -0.1) is 0 Å². The lowest BCUT2D eigenvalue weighted by atomic mass is 9.94. The third-order valence-electron chi connectivity index (χ3n) is 5.56. The van der Waals surface area contributed by atoms with Crippen LogP contribution in [0.15, 0.2) is 54.9 Å². The average Bonchev–Trinajstić information content (AvgIpc) is 3.29. The van der Waals surface area contributed by atoms with E-state index < -0.39 is 0 Å². The summed E-state index contributed by atoms with van der Waals surface area (Å²) in [4.78, 5) is 23.9. The van der Waals surface area contributed by atoms with Crippen molar-refractivity contribution in [3.8, 4) is 11.6 Å². The van der Waals surface area contributed by atoms with E-state index in [4.69, 9.17) is 9.72 Å². The summed E-state index contributed by atoms with van der Waals surface area (Å²) >= 11 is 0. The summed E-state index contributed by atoms with van der Waals surface area (Å²) < 4.78 is 20.6. The number of imidazole rings is 1. The molecule has 0 radical (unpaired) electrons. The van der Waals surface area contributed by atoms with E-state index in [9.17, 15) is 9.18 Å². The molecule has 162 valence electrons. The number of hydrogen-bond acceptors (Lipinski definition) is 4. The number of ether oxygens (including phenoxy) is 1. The number of hydrogen-bond donors (Lipinski definition) is 0. The second kappa shape index (κ2) is 9.29. The van der Waals surface area contributed by atoms with E-state index in [1.54, 1.807) is 6.20 Å². The number of nitrogens with zero attached hydrogens (tertiary/aromatic N) is 4. The van der Waals surface area contributed by atoms with Crippen molar-refractivity contribution < 1.29 is 13.9 Å². The monoisotopic (exact) mass is 422 g/mol. The second-order valence-corrected chi connectivity index (χ2v) is 8.15. The average molecular weight is 423 g/mol. The van der Waals surface area contributed by atoms with Gasteiger partial charge in [-0.05, 0) is 49.2 Å². The number of piperidine rings is 1. The van der Waals surface area contributed by atoms with Gasteiger partial charge >= 0.3 is 0 Å². The molecule has 1 aromatic carbocycles. The highest BCUT2D eigenvalue weighted by atomic mass is 19.1. The maximum Gasteiger partial charge on any atom is 0.260 e. The third kappa shape index (κ3) is 4.93. The molecule has 1 aliphatic rings. The fraction of sp³-hybridized carbons (Fsp3) is 0.375. The van der Waals surface area contributed by atoms with E-state index in [0.717, 1.165) is 30.2 Å². The highest BCUT2D eigenvalue weighted by Gasteiger charge is 2.26. The van der Waals surface area contributed by atoms with Crippen LogP contribution in [0.3, 0.4) is 0 Å². The summed E-state index contributed by atoms with van der Waals surface area (Å²) in [6.45, 7) is 5.49. The molecule has 1 unspecified atom stereocenters. The van der Waals surface area contributed by atoms with Crippen molar-refractivity contribution in [1.82, 2.24) is 19.4 Å². The first-order valence-corrected chi connectivity index (χ1v) is 10.7. The first-order chi connectivity index (χ1) is 15.0. The lowest BCUT2D eigenvalue weighted by molar-refractivity contribution is -0.134. The molecule has 1 fully saturated rings. The van der Waals surface area contributed by atoms with Gasteiger partial charge < -0.3 is 9.64 Å². The molecule has 31 heavy (non-hydrogen) atoms. The van der Waals surface area contributed by atoms with Crippen molar-refractivity contribution in [3.63, 3.8) is 0 Å². The van der Waals surface area contributed by atoms with Gasteiger partial charge in [-0.3, -0.25) is 9.36 Å². The van der Waals surface area contributed by atoms with Crippen LogP contribution in [0.4, 0.5) is 4.39 Å². The summed E-state index contributed by atoms with van der Waals surface area (Å²) in [5.41, 5.74) is 0.984. The Labute approximate surface area is 181 Å². The summed E-state index contributed by atoms with van der Waals surface area (Å²) in [5, 5.41) is 0. The molecule has 6 nitrogen and oxygen atoms in total. The molecule has 0 bridgehead atoms. The van der Waals surface area contributed by atoms with Crippen LogP contribution in [-0.4, -0.2) is 45.0 Å². The van der Waals surface area contributed by atoms with E-state index in [2.05, 4.69) is 18.8 Å². The van der Waals surface area contributed by atoms with E-state index in [1.807, 2.05) is 33.9 Å². The van der Waals surface area contributed by atoms with Gasteiger partial charge in [0.2, 0.25) is 0 Å². The van der Waals surface area contributed by atoms with Crippen LogP contribution in [0.1, 0.15) is 50.0 Å². The van der Waals surface area contributed by atoms with Crippen molar-refractivity contribution in [3.05, 3.63) is 72.2 Å². The van der Waals surface area contributed by atoms with Crippen LogP contribution in [0.2, 0.25) is 0 Å². The van der Waals surface area contributed by atoms with Crippen LogP contribution in [0.25, 0.3) is 5.82 Å².